The standard InChI is InChI=1S/C20H26N2O5.C18H24N2O6.C16H23NO7.C9H11NO.C6H7N.ClH.S3.S2.H2S/c1-2-27-20(26)17-12-15(19(25)22-17)9-6-10-18(24)21-13-16(23)11-14-7-4-3-5-8-14;19-16(18(24)25)10-15(26-12-21)7-4-8-17(23)20-11-14(22)9-13-5-2-1-3-6-13;1-5-23-14(21)11-9-10(7-6-8-12(18)19)13(20)17(11)15(22)24-16(2,3)4;10-7-9(11)6-8-4-2-1-3-5-8;7-6-4-2-1-3-5-6;;1-3-2;1-2;/h3-5,7-8,15,17H,2,6,9-13H2,1H3,(H,21,24)(H,22,25);1-3,5-6,12,15-16H,4,7-11,19H2,(H,20,23)(H,24,25);6,8,10-11H,5,7,9H2,1-4H3,(H,18,19);1-5H,6-7,10H2;1-5H,7H2;1H;;;1H2/b;;8-6+;;;;;;/t15?,17-;15?,16-;10?,11-;;;;;;/m000....../s1. The first-order valence-electron chi connectivity index (χ1n) is 31.6. The number of para-hydroxylation sites is 1. The van der Waals surface area contributed by atoms with E-state index in [4.69, 9.17) is 46.4 Å². The predicted molar refractivity (Wildman–Crippen MR) is 404 cm³/mol. The van der Waals surface area contributed by atoms with Gasteiger partial charge in [0.15, 0.2) is 17.3 Å². The zero-order valence-electron chi connectivity index (χ0n) is 57.4. The number of ketones is 3. The van der Waals surface area contributed by atoms with Gasteiger partial charge >= 0.3 is 30.0 Å². The van der Waals surface area contributed by atoms with Crippen molar-refractivity contribution in [3.63, 3.8) is 0 Å². The molecule has 2 saturated heterocycles. The number of aliphatic carboxylic acids is 2. The number of allylic oxidation sites excluding steroid dienone is 1. The molecule has 4 aromatic carbocycles. The Bertz CT molecular complexity index is 3270. The lowest BCUT2D eigenvalue weighted by molar-refractivity contribution is -0.151. The summed E-state index contributed by atoms with van der Waals surface area (Å²) < 4.78 is 19.8. The highest BCUT2D eigenvalue weighted by Crippen LogP contribution is 2.30. The second-order valence-corrected chi connectivity index (χ2v) is 24.5. The summed E-state index contributed by atoms with van der Waals surface area (Å²) in [7, 11) is 0.917. The zero-order valence-corrected chi connectivity index (χ0v) is 63.3. The fourth-order valence-electron chi connectivity index (χ4n) is 9.11. The van der Waals surface area contributed by atoms with Crippen molar-refractivity contribution in [2.75, 3.05) is 38.6 Å². The predicted octanol–water partition coefficient (Wildman–Crippen LogP) is 5.86. The fourth-order valence-corrected chi connectivity index (χ4v) is 9.11. The summed E-state index contributed by atoms with van der Waals surface area (Å²) in [5, 5.41) is 25.2. The largest absolute Gasteiger partial charge is 0.480 e. The van der Waals surface area contributed by atoms with Gasteiger partial charge in [-0.3, -0.25) is 43.2 Å². The highest BCUT2D eigenvalue weighted by molar-refractivity contribution is 8.37. The lowest BCUT2D eigenvalue weighted by atomic mass is 9.98. The summed E-state index contributed by atoms with van der Waals surface area (Å²) in [5.74, 6) is -5.69. The number of ether oxygens (including phenoxy) is 4. The average molecular weight is 1550 g/mol. The molecular formula is C69H94ClN7O19S6. The molecule has 6 atom stereocenters. The minimum absolute atomic E-state index is 0. The van der Waals surface area contributed by atoms with Gasteiger partial charge in [-0.25, -0.2) is 24.1 Å². The Morgan fingerprint density at radius 1 is 0.696 bits per heavy atom. The number of nitrogens with two attached hydrogens (primary N) is 3. The summed E-state index contributed by atoms with van der Waals surface area (Å²) in [5.41, 5.74) is 18.8. The second-order valence-electron chi connectivity index (χ2n) is 22.8. The summed E-state index contributed by atoms with van der Waals surface area (Å²) >= 11 is 15.6. The van der Waals surface area contributed by atoms with Gasteiger partial charge in [-0.15, -0.1) is 12.4 Å². The molecule has 3 unspecified atom stereocenters. The number of imide groups is 1. The number of Topliss-reactive ketones (excluding diaryl/α,β-unsaturated/α-hetero) is 3. The Labute approximate surface area is 630 Å². The van der Waals surface area contributed by atoms with Crippen molar-refractivity contribution in [2.45, 2.75) is 148 Å². The van der Waals surface area contributed by atoms with Crippen LogP contribution in [-0.4, -0.2) is 155 Å². The molecule has 0 saturated carbocycles. The number of esters is 2. The molecule has 0 bridgehead atoms. The van der Waals surface area contributed by atoms with Crippen LogP contribution in [-0.2, 0) is 149 Å². The van der Waals surface area contributed by atoms with Gasteiger partial charge in [0.25, 0.3) is 6.47 Å². The molecule has 2 fully saturated rings. The first kappa shape index (κ1) is 98.0. The number of hydrogen-bond acceptors (Lipinski definition) is 24. The molecule has 6 rings (SSSR count). The number of anilines is 1. The van der Waals surface area contributed by atoms with Crippen LogP contribution >= 0.6 is 25.9 Å². The number of hydrogen-bond donors (Lipinski definition) is 8. The van der Waals surface area contributed by atoms with Crippen LogP contribution in [0, 0.1) is 11.8 Å². The number of halogens is 1. The van der Waals surface area contributed by atoms with Crippen LogP contribution in [0.15, 0.2) is 133 Å². The zero-order chi connectivity index (χ0) is 75.4. The SMILES string of the molecule is CCOC(=O)[C@@H]1CC(C/C=C/C(=O)O)C(=O)N1C(=O)OC(C)(C)C.CCOC(=O)[C@@H]1CC(CCCC(=O)NCC(=O)Cc2ccccc2)C(=O)N1.Cl.NCC(=O)Cc1ccccc1.N[C@@H](CC(CCCC(=O)NCC(=O)Cc1ccccc1)OC=O)C(=O)O.Nc1ccccc1.S.S=S.S=S=S. The van der Waals surface area contributed by atoms with Gasteiger partial charge in [0.1, 0.15) is 29.8 Å². The highest BCUT2D eigenvalue weighted by atomic mass is 35.5. The van der Waals surface area contributed by atoms with Crippen molar-refractivity contribution in [1.29, 1.82) is 0 Å². The number of nitrogen functional groups attached to an aromatic ring is 1. The number of nitrogens with one attached hydrogen (secondary N) is 3. The smallest absolute Gasteiger partial charge is 0.417 e. The third kappa shape index (κ3) is 46.3. The second kappa shape index (κ2) is 58.3. The molecule has 0 aliphatic carbocycles. The van der Waals surface area contributed by atoms with Crippen LogP contribution in [0.2, 0.25) is 0 Å². The molecule has 102 heavy (non-hydrogen) atoms. The number of amides is 5. The molecule has 0 radical (unpaired) electrons. The van der Waals surface area contributed by atoms with Crippen LogP contribution in [0.25, 0.3) is 0 Å². The summed E-state index contributed by atoms with van der Waals surface area (Å²) in [6, 6.07) is 34.9. The van der Waals surface area contributed by atoms with Crippen LogP contribution in [0.1, 0.15) is 116 Å². The summed E-state index contributed by atoms with van der Waals surface area (Å²) in [4.78, 5) is 151. The van der Waals surface area contributed by atoms with E-state index in [0.717, 1.165) is 42.2 Å². The molecule has 0 aromatic heterocycles. The van der Waals surface area contributed by atoms with E-state index < -0.39 is 71.6 Å². The number of carbonyl (C=O) groups excluding carboxylic acids is 11. The molecule has 11 N–H and O–H groups in total. The maximum Gasteiger partial charge on any atom is 0.417 e. The van der Waals surface area contributed by atoms with E-state index in [9.17, 15) is 62.3 Å². The fraction of sp³-hybridized carbons (Fsp3) is 0.435. The lowest BCUT2D eigenvalue weighted by Crippen LogP contribution is -2.46. The van der Waals surface area contributed by atoms with Crippen molar-refractivity contribution in [2.24, 2.45) is 23.3 Å². The van der Waals surface area contributed by atoms with E-state index in [1.807, 2.05) is 121 Å². The average Bonchev–Trinajstić information content (AvgIpc) is 1.64. The van der Waals surface area contributed by atoms with Gasteiger partial charge in [0.2, 0.25) is 23.6 Å². The van der Waals surface area contributed by atoms with Crippen molar-refractivity contribution in [1.82, 2.24) is 20.9 Å². The van der Waals surface area contributed by atoms with Crippen molar-refractivity contribution in [3.05, 3.63) is 150 Å². The molecule has 0 spiro atoms. The van der Waals surface area contributed by atoms with Crippen molar-refractivity contribution in [3.8, 4) is 0 Å². The number of benzene rings is 4. The van der Waals surface area contributed by atoms with E-state index in [0.29, 0.717) is 44.9 Å². The quantitative estimate of drug-likeness (QED) is 0.00961. The van der Waals surface area contributed by atoms with E-state index in [1.165, 1.54) is 6.08 Å². The first-order valence-corrected chi connectivity index (χ1v) is 35.6. The number of carboxylic acid groups (broad SMARTS) is 2. The Morgan fingerprint density at radius 3 is 1.54 bits per heavy atom. The molecule has 2 heterocycles. The topological polar surface area (TPSA) is 417 Å². The molecule has 5 amide bonds. The van der Waals surface area contributed by atoms with Gasteiger partial charge in [-0.05, 0) is 108 Å². The first-order chi connectivity index (χ1) is 47.6. The normalized spacial score (nSPS) is 14.9. The minimum atomic E-state index is -1.18. The van der Waals surface area contributed by atoms with Gasteiger partial charge in [0.05, 0.1) is 32.8 Å². The van der Waals surface area contributed by atoms with Crippen molar-refractivity contribution >= 4 is 163 Å². The monoisotopic (exact) mass is 1550 g/mol. The lowest BCUT2D eigenvalue weighted by Gasteiger charge is -2.26. The summed E-state index contributed by atoms with van der Waals surface area (Å²) in [6.07, 6.45) is 4.34. The van der Waals surface area contributed by atoms with E-state index in [1.54, 1.807) is 34.6 Å². The Hall–Kier alpha value is -8.21. The van der Waals surface area contributed by atoms with Crippen LogP contribution in [0.3, 0.4) is 0 Å². The van der Waals surface area contributed by atoms with Gasteiger partial charge < -0.3 is 62.3 Å². The number of likely N-dealkylation sites (tertiary alicyclic amines) is 1. The van der Waals surface area contributed by atoms with E-state index in [-0.39, 0.29) is 145 Å². The molecule has 562 valence electrons. The highest BCUT2D eigenvalue weighted by Gasteiger charge is 2.48. The summed E-state index contributed by atoms with van der Waals surface area (Å²) in [6.45, 7) is 9.02. The Balaban J connectivity index is -0.00000124. The molecular weight excluding hydrogens is 1460 g/mol. The Morgan fingerprint density at radius 2 is 1.14 bits per heavy atom. The molecule has 4 aromatic rings. The maximum absolute atomic E-state index is 12.5. The van der Waals surface area contributed by atoms with Crippen LogP contribution in [0.5, 0.6) is 0 Å². The third-order valence-corrected chi connectivity index (χ3v) is 13.7. The molecule has 2 aliphatic heterocycles. The van der Waals surface area contributed by atoms with E-state index >= 15 is 0 Å². The van der Waals surface area contributed by atoms with E-state index in [2.05, 4.69) is 60.7 Å². The molecule has 26 nitrogen and oxygen atoms in total. The van der Waals surface area contributed by atoms with Gasteiger partial charge in [-0.2, -0.15) is 13.5 Å². The minimum Gasteiger partial charge on any atom is -0.480 e. The van der Waals surface area contributed by atoms with Crippen LogP contribution < -0.4 is 33.2 Å². The number of carbonyl (C=O) groups is 13. The number of rotatable bonds is 31. The van der Waals surface area contributed by atoms with Crippen LogP contribution in [0.4, 0.5) is 10.5 Å². The third-order valence-electron chi connectivity index (χ3n) is 13.7. The Kier molecular flexibility index (Phi) is 56.0. The number of nitrogens with zero attached hydrogens (tertiary/aromatic N) is 1. The number of carboxylic acids is 2. The maximum atomic E-state index is 12.5. The van der Waals surface area contributed by atoms with Gasteiger partial charge in [-0.1, -0.05) is 115 Å². The molecule has 33 heteroatoms. The van der Waals surface area contributed by atoms with Gasteiger partial charge in [0, 0.05) is 116 Å². The van der Waals surface area contributed by atoms with Crippen molar-refractivity contribution < 1.29 is 91.5 Å². The molecule has 2 aliphatic rings.